The molecule has 2 unspecified atom stereocenters. The highest BCUT2D eigenvalue weighted by Crippen LogP contribution is 2.32. The maximum absolute atomic E-state index is 12.4. The molecule has 1 amide bonds. The van der Waals surface area contributed by atoms with E-state index in [0.717, 1.165) is 30.5 Å². The molecule has 2 rings (SSSR count). The molecule has 1 aliphatic rings. The van der Waals surface area contributed by atoms with Crippen molar-refractivity contribution in [1.82, 2.24) is 0 Å². The van der Waals surface area contributed by atoms with Gasteiger partial charge in [0.05, 0.1) is 6.61 Å². The number of anilines is 1. The number of carbonyl (C=O) groups is 1. The van der Waals surface area contributed by atoms with E-state index >= 15 is 0 Å². The first-order valence-corrected chi connectivity index (χ1v) is 7.42. The molecule has 1 fully saturated rings. The Morgan fingerprint density at radius 1 is 1.40 bits per heavy atom. The second-order valence-corrected chi connectivity index (χ2v) is 5.32. The van der Waals surface area contributed by atoms with Gasteiger partial charge in [-0.2, -0.15) is 0 Å². The number of carbonyl (C=O) groups excluding carboxylic acids is 1. The molecule has 0 heterocycles. The number of benzene rings is 1. The first-order valence-electron chi connectivity index (χ1n) is 7.42. The zero-order valence-electron chi connectivity index (χ0n) is 12.1. The predicted octanol–water partition coefficient (Wildman–Crippen LogP) is 2.54. The molecule has 1 aliphatic carbocycles. The summed E-state index contributed by atoms with van der Waals surface area (Å²) in [5, 5.41) is 3.05. The molecule has 20 heavy (non-hydrogen) atoms. The van der Waals surface area contributed by atoms with E-state index in [4.69, 9.17) is 10.5 Å². The Morgan fingerprint density at radius 2 is 2.20 bits per heavy atom. The zero-order valence-corrected chi connectivity index (χ0v) is 12.1. The van der Waals surface area contributed by atoms with Gasteiger partial charge in [-0.1, -0.05) is 24.6 Å². The molecule has 110 valence electrons. The standard InChI is InChI=1S/C16H24N2O2/c1-2-20-11-13-6-3-4-9-15(13)18-16(19)14-8-5-7-12(14)10-17/h3-4,6,9,12,14H,2,5,7-8,10-11,17H2,1H3,(H,18,19). The van der Waals surface area contributed by atoms with E-state index in [9.17, 15) is 4.79 Å². The summed E-state index contributed by atoms with van der Waals surface area (Å²) >= 11 is 0. The second kappa shape index (κ2) is 7.41. The maximum Gasteiger partial charge on any atom is 0.227 e. The van der Waals surface area contributed by atoms with Crippen molar-refractivity contribution < 1.29 is 9.53 Å². The average Bonchev–Trinajstić information content (AvgIpc) is 2.95. The number of ether oxygens (including phenoxy) is 1. The van der Waals surface area contributed by atoms with E-state index in [1.165, 1.54) is 0 Å². The van der Waals surface area contributed by atoms with E-state index in [0.29, 0.717) is 25.7 Å². The van der Waals surface area contributed by atoms with Crippen LogP contribution >= 0.6 is 0 Å². The fourth-order valence-electron chi connectivity index (χ4n) is 2.87. The van der Waals surface area contributed by atoms with Crippen LogP contribution in [0.3, 0.4) is 0 Å². The third-order valence-electron chi connectivity index (χ3n) is 4.04. The summed E-state index contributed by atoms with van der Waals surface area (Å²) in [7, 11) is 0. The highest BCUT2D eigenvalue weighted by Gasteiger charge is 2.32. The van der Waals surface area contributed by atoms with E-state index in [-0.39, 0.29) is 11.8 Å². The minimum atomic E-state index is 0.0557. The van der Waals surface area contributed by atoms with Gasteiger partial charge in [0, 0.05) is 23.8 Å². The third-order valence-corrected chi connectivity index (χ3v) is 4.04. The molecule has 1 aromatic rings. The highest BCUT2D eigenvalue weighted by molar-refractivity contribution is 5.93. The third kappa shape index (κ3) is 3.58. The molecule has 3 N–H and O–H groups in total. The Bertz CT molecular complexity index is 448. The van der Waals surface area contributed by atoms with Gasteiger partial charge in [-0.15, -0.1) is 0 Å². The number of hydrogen-bond acceptors (Lipinski definition) is 3. The largest absolute Gasteiger partial charge is 0.377 e. The van der Waals surface area contributed by atoms with E-state index < -0.39 is 0 Å². The van der Waals surface area contributed by atoms with Crippen LogP contribution in [0.4, 0.5) is 5.69 Å². The van der Waals surface area contributed by atoms with Crippen molar-refractivity contribution >= 4 is 11.6 Å². The molecule has 0 radical (unpaired) electrons. The van der Waals surface area contributed by atoms with Crippen molar-refractivity contribution in [1.29, 1.82) is 0 Å². The summed E-state index contributed by atoms with van der Waals surface area (Å²) in [5.41, 5.74) is 7.62. The van der Waals surface area contributed by atoms with Crippen molar-refractivity contribution in [3.63, 3.8) is 0 Å². The van der Waals surface area contributed by atoms with Gasteiger partial charge in [-0.25, -0.2) is 0 Å². The zero-order chi connectivity index (χ0) is 14.4. The van der Waals surface area contributed by atoms with Crippen LogP contribution in [0, 0.1) is 11.8 Å². The fourth-order valence-corrected chi connectivity index (χ4v) is 2.87. The summed E-state index contributed by atoms with van der Waals surface area (Å²) in [6.45, 7) is 3.75. The number of para-hydroxylation sites is 1. The highest BCUT2D eigenvalue weighted by atomic mass is 16.5. The van der Waals surface area contributed by atoms with Crippen LogP contribution in [-0.4, -0.2) is 19.1 Å². The second-order valence-electron chi connectivity index (χ2n) is 5.32. The molecule has 0 aliphatic heterocycles. The first kappa shape index (κ1) is 15.0. The maximum atomic E-state index is 12.4. The van der Waals surface area contributed by atoms with Crippen molar-refractivity contribution in [3.05, 3.63) is 29.8 Å². The quantitative estimate of drug-likeness (QED) is 0.839. The number of amides is 1. The number of nitrogens with one attached hydrogen (secondary N) is 1. The van der Waals surface area contributed by atoms with E-state index in [1.807, 2.05) is 31.2 Å². The van der Waals surface area contributed by atoms with E-state index in [2.05, 4.69) is 5.32 Å². The number of hydrogen-bond donors (Lipinski definition) is 2. The lowest BCUT2D eigenvalue weighted by Gasteiger charge is -2.18. The molecule has 0 saturated heterocycles. The Kier molecular flexibility index (Phi) is 5.56. The van der Waals surface area contributed by atoms with Crippen LogP contribution in [0.2, 0.25) is 0 Å². The lowest BCUT2D eigenvalue weighted by Crippen LogP contribution is -2.30. The SMILES string of the molecule is CCOCc1ccccc1NC(=O)C1CCCC1CN. The number of nitrogens with two attached hydrogens (primary N) is 1. The molecular weight excluding hydrogens is 252 g/mol. The fraction of sp³-hybridized carbons (Fsp3) is 0.562. The van der Waals surface area contributed by atoms with Gasteiger partial charge >= 0.3 is 0 Å². The topological polar surface area (TPSA) is 64.3 Å². The molecule has 0 spiro atoms. The molecule has 1 aromatic carbocycles. The van der Waals surface area contributed by atoms with Gasteiger partial charge in [0.2, 0.25) is 5.91 Å². The average molecular weight is 276 g/mol. The number of rotatable bonds is 6. The normalized spacial score (nSPS) is 21.9. The van der Waals surface area contributed by atoms with Gasteiger partial charge in [0.15, 0.2) is 0 Å². The van der Waals surface area contributed by atoms with Gasteiger partial charge in [0.25, 0.3) is 0 Å². The van der Waals surface area contributed by atoms with Crippen molar-refractivity contribution in [3.8, 4) is 0 Å². The molecule has 1 saturated carbocycles. The Hall–Kier alpha value is -1.39. The Morgan fingerprint density at radius 3 is 2.95 bits per heavy atom. The van der Waals surface area contributed by atoms with E-state index in [1.54, 1.807) is 0 Å². The summed E-state index contributed by atoms with van der Waals surface area (Å²) in [6, 6.07) is 7.81. The van der Waals surface area contributed by atoms with Gasteiger partial charge in [-0.05, 0) is 38.3 Å². The Labute approximate surface area is 120 Å². The first-order chi connectivity index (χ1) is 9.76. The summed E-state index contributed by atoms with van der Waals surface area (Å²) < 4.78 is 5.44. The van der Waals surface area contributed by atoms with Crippen molar-refractivity contribution in [2.75, 3.05) is 18.5 Å². The van der Waals surface area contributed by atoms with Crippen molar-refractivity contribution in [2.24, 2.45) is 17.6 Å². The van der Waals surface area contributed by atoms with Crippen molar-refractivity contribution in [2.45, 2.75) is 32.8 Å². The minimum Gasteiger partial charge on any atom is -0.377 e. The summed E-state index contributed by atoms with van der Waals surface area (Å²) in [6.07, 6.45) is 3.11. The van der Waals surface area contributed by atoms with Crippen LogP contribution < -0.4 is 11.1 Å². The lowest BCUT2D eigenvalue weighted by molar-refractivity contribution is -0.120. The molecule has 0 aromatic heterocycles. The van der Waals surface area contributed by atoms with Crippen LogP contribution in [0.5, 0.6) is 0 Å². The summed E-state index contributed by atoms with van der Waals surface area (Å²) in [4.78, 5) is 12.4. The van der Waals surface area contributed by atoms with Gasteiger partial charge in [-0.3, -0.25) is 4.79 Å². The molecule has 4 nitrogen and oxygen atoms in total. The monoisotopic (exact) mass is 276 g/mol. The van der Waals surface area contributed by atoms with Crippen LogP contribution in [0.15, 0.2) is 24.3 Å². The van der Waals surface area contributed by atoms with Crippen LogP contribution in [0.1, 0.15) is 31.7 Å². The Balaban J connectivity index is 2.03. The molecule has 0 bridgehead atoms. The van der Waals surface area contributed by atoms with Gasteiger partial charge in [0.1, 0.15) is 0 Å². The predicted molar refractivity (Wildman–Crippen MR) is 80.3 cm³/mol. The smallest absolute Gasteiger partial charge is 0.227 e. The molecule has 4 heteroatoms. The van der Waals surface area contributed by atoms with Gasteiger partial charge < -0.3 is 15.8 Å². The van der Waals surface area contributed by atoms with Crippen LogP contribution in [-0.2, 0) is 16.1 Å². The molecular formula is C16H24N2O2. The summed E-state index contributed by atoms with van der Waals surface area (Å²) in [5.74, 6) is 0.483. The molecule has 2 atom stereocenters. The minimum absolute atomic E-state index is 0.0557. The van der Waals surface area contributed by atoms with Crippen LogP contribution in [0.25, 0.3) is 0 Å². The lowest BCUT2D eigenvalue weighted by atomic mass is 9.95.